The monoisotopic (exact) mass is 458 g/mol. The van der Waals surface area contributed by atoms with Crippen LogP contribution in [0.3, 0.4) is 0 Å². The van der Waals surface area contributed by atoms with Crippen LogP contribution in [0.25, 0.3) is 11.6 Å². The molecule has 2 aromatic heterocycles. The van der Waals surface area contributed by atoms with Crippen LogP contribution >= 0.6 is 24.0 Å². The Labute approximate surface area is 165 Å². The number of hydrogen-bond donors (Lipinski definition) is 3. The molecular formula is C17H27IN6O. The van der Waals surface area contributed by atoms with Crippen LogP contribution in [0.1, 0.15) is 38.4 Å². The van der Waals surface area contributed by atoms with Crippen molar-refractivity contribution in [3.05, 3.63) is 24.2 Å². The highest BCUT2D eigenvalue weighted by Gasteiger charge is 2.34. The van der Waals surface area contributed by atoms with Crippen molar-refractivity contribution in [1.82, 2.24) is 25.8 Å². The predicted octanol–water partition coefficient (Wildman–Crippen LogP) is 2.97. The Morgan fingerprint density at radius 3 is 2.84 bits per heavy atom. The third-order valence-electron chi connectivity index (χ3n) is 4.95. The van der Waals surface area contributed by atoms with Crippen LogP contribution in [0.2, 0.25) is 0 Å². The molecule has 0 bridgehead atoms. The summed E-state index contributed by atoms with van der Waals surface area (Å²) in [5, 5.41) is 13.9. The molecule has 8 heteroatoms. The van der Waals surface area contributed by atoms with Gasteiger partial charge in [-0.2, -0.15) is 5.10 Å². The van der Waals surface area contributed by atoms with Crippen LogP contribution in [-0.2, 0) is 6.42 Å². The predicted molar refractivity (Wildman–Crippen MR) is 109 cm³/mol. The minimum absolute atomic E-state index is 0. The number of aromatic nitrogens is 3. The molecular weight excluding hydrogens is 431 g/mol. The molecule has 1 aliphatic carbocycles. The lowest BCUT2D eigenvalue weighted by molar-refractivity contribution is 0.131. The van der Waals surface area contributed by atoms with E-state index in [9.17, 15) is 0 Å². The first-order valence-corrected chi connectivity index (χ1v) is 8.64. The fourth-order valence-corrected chi connectivity index (χ4v) is 3.05. The van der Waals surface area contributed by atoms with Crippen LogP contribution in [0.15, 0.2) is 27.8 Å². The third kappa shape index (κ3) is 4.96. The summed E-state index contributed by atoms with van der Waals surface area (Å²) in [6.07, 6.45) is 7.58. The highest BCUT2D eigenvalue weighted by atomic mass is 127. The van der Waals surface area contributed by atoms with Gasteiger partial charge in [-0.3, -0.25) is 10.1 Å². The fourth-order valence-electron chi connectivity index (χ4n) is 3.05. The summed E-state index contributed by atoms with van der Waals surface area (Å²) in [5.74, 6) is 2.94. The molecule has 2 aromatic rings. The highest BCUT2D eigenvalue weighted by Crippen LogP contribution is 2.42. The van der Waals surface area contributed by atoms with Gasteiger partial charge in [0.15, 0.2) is 11.7 Å². The van der Waals surface area contributed by atoms with Gasteiger partial charge in [-0.1, -0.05) is 13.3 Å². The van der Waals surface area contributed by atoms with Crippen LogP contribution in [0, 0.1) is 5.41 Å². The summed E-state index contributed by atoms with van der Waals surface area (Å²) in [6, 6.07) is 3.68. The number of nitrogens with one attached hydrogen (secondary N) is 3. The molecule has 1 fully saturated rings. The van der Waals surface area contributed by atoms with E-state index in [1.165, 1.54) is 25.7 Å². The molecule has 1 saturated carbocycles. The van der Waals surface area contributed by atoms with Crippen molar-refractivity contribution >= 4 is 29.9 Å². The number of rotatable bonds is 7. The van der Waals surface area contributed by atoms with E-state index in [0.717, 1.165) is 31.3 Å². The van der Waals surface area contributed by atoms with Crippen molar-refractivity contribution in [2.75, 3.05) is 20.1 Å². The minimum atomic E-state index is 0. The number of halogens is 1. The number of hydrogen-bond acceptors (Lipinski definition) is 4. The van der Waals surface area contributed by atoms with Crippen molar-refractivity contribution in [1.29, 1.82) is 0 Å². The molecule has 0 spiro atoms. The van der Waals surface area contributed by atoms with Gasteiger partial charge in [0.1, 0.15) is 5.82 Å². The van der Waals surface area contributed by atoms with Crippen LogP contribution in [0.5, 0.6) is 0 Å². The number of furan rings is 1. The fraction of sp³-hybridized carbons (Fsp3) is 0.588. The lowest BCUT2D eigenvalue weighted by Gasteiger charge is -2.41. The van der Waals surface area contributed by atoms with Gasteiger partial charge < -0.3 is 15.1 Å². The molecule has 0 radical (unpaired) electrons. The minimum Gasteiger partial charge on any atom is -0.461 e. The first-order valence-electron chi connectivity index (χ1n) is 8.64. The van der Waals surface area contributed by atoms with Gasteiger partial charge in [0.25, 0.3) is 0 Å². The smallest absolute Gasteiger partial charge is 0.216 e. The van der Waals surface area contributed by atoms with E-state index in [2.05, 4.69) is 37.7 Å². The standard InChI is InChI=1S/C17H26N6O.HI/c1-3-17(8-5-9-17)12-20-16(18-2)19-10-7-14-21-15(23-22-14)13-6-4-11-24-13;/h4,6,11H,3,5,7-10,12H2,1-2H3,(H2,18,19,20)(H,21,22,23);1H. The first-order chi connectivity index (χ1) is 11.7. The van der Waals surface area contributed by atoms with Crippen LogP contribution in [-0.4, -0.2) is 41.3 Å². The van der Waals surface area contributed by atoms with Gasteiger partial charge >= 0.3 is 0 Å². The summed E-state index contributed by atoms with van der Waals surface area (Å²) < 4.78 is 5.29. The van der Waals surface area contributed by atoms with Crippen molar-refractivity contribution in [2.24, 2.45) is 10.4 Å². The number of aromatic amines is 1. The van der Waals surface area contributed by atoms with Gasteiger partial charge in [0.2, 0.25) is 5.82 Å². The maximum absolute atomic E-state index is 5.29. The third-order valence-corrected chi connectivity index (χ3v) is 4.95. The zero-order valence-corrected chi connectivity index (χ0v) is 17.2. The molecule has 3 N–H and O–H groups in total. The summed E-state index contributed by atoms with van der Waals surface area (Å²) in [4.78, 5) is 8.73. The topological polar surface area (TPSA) is 91.1 Å². The Morgan fingerprint density at radius 2 is 2.24 bits per heavy atom. The number of H-pyrrole nitrogens is 1. The van der Waals surface area contributed by atoms with Crippen LogP contribution < -0.4 is 10.6 Å². The quantitative estimate of drug-likeness (QED) is 0.337. The second-order valence-electron chi connectivity index (χ2n) is 6.39. The second kappa shape index (κ2) is 9.21. The molecule has 138 valence electrons. The summed E-state index contributed by atoms with van der Waals surface area (Å²) >= 11 is 0. The van der Waals surface area contributed by atoms with E-state index >= 15 is 0 Å². The number of guanidine groups is 1. The van der Waals surface area contributed by atoms with Crippen molar-refractivity contribution in [3.8, 4) is 11.6 Å². The second-order valence-corrected chi connectivity index (χ2v) is 6.39. The SMILES string of the molecule is CCC1(CNC(=NC)NCCc2nc(-c3ccco3)n[nH]2)CCC1.I. The van der Waals surface area contributed by atoms with E-state index < -0.39 is 0 Å². The van der Waals surface area contributed by atoms with Crippen molar-refractivity contribution in [2.45, 2.75) is 39.0 Å². The molecule has 0 amide bonds. The highest BCUT2D eigenvalue weighted by molar-refractivity contribution is 14.0. The van der Waals surface area contributed by atoms with Gasteiger partial charge in [-0.15, -0.1) is 24.0 Å². The maximum Gasteiger partial charge on any atom is 0.216 e. The number of aliphatic imine (C=N–C) groups is 1. The molecule has 0 atom stereocenters. The molecule has 25 heavy (non-hydrogen) atoms. The van der Waals surface area contributed by atoms with E-state index in [4.69, 9.17) is 4.42 Å². The first kappa shape index (κ1) is 19.7. The summed E-state index contributed by atoms with van der Waals surface area (Å²) in [5.41, 5.74) is 0.473. The Bertz CT molecular complexity index is 657. The zero-order chi connectivity index (χ0) is 16.8. The Hall–Kier alpha value is -1.58. The summed E-state index contributed by atoms with van der Waals surface area (Å²) in [6.45, 7) is 4.01. The molecule has 0 saturated heterocycles. The van der Waals surface area contributed by atoms with E-state index in [-0.39, 0.29) is 24.0 Å². The largest absolute Gasteiger partial charge is 0.461 e. The van der Waals surface area contributed by atoms with Gasteiger partial charge in [0, 0.05) is 26.6 Å². The molecule has 3 rings (SSSR count). The lowest BCUT2D eigenvalue weighted by Crippen LogP contribution is -2.46. The average molecular weight is 458 g/mol. The van der Waals surface area contributed by atoms with Crippen molar-refractivity contribution in [3.63, 3.8) is 0 Å². The van der Waals surface area contributed by atoms with Crippen LogP contribution in [0.4, 0.5) is 0 Å². The molecule has 0 aliphatic heterocycles. The van der Waals surface area contributed by atoms with Gasteiger partial charge in [-0.25, -0.2) is 4.98 Å². The molecule has 7 nitrogen and oxygen atoms in total. The molecule has 0 unspecified atom stereocenters. The van der Waals surface area contributed by atoms with Gasteiger partial charge in [0.05, 0.1) is 6.26 Å². The number of nitrogens with zero attached hydrogens (tertiary/aromatic N) is 3. The van der Waals surface area contributed by atoms with Gasteiger partial charge in [-0.05, 0) is 36.8 Å². The summed E-state index contributed by atoms with van der Waals surface area (Å²) in [7, 11) is 1.80. The van der Waals surface area contributed by atoms with Crippen molar-refractivity contribution < 1.29 is 4.42 Å². The Balaban J connectivity index is 0.00000225. The Kier molecular flexibility index (Phi) is 7.27. The average Bonchev–Trinajstić information content (AvgIpc) is 3.23. The molecule has 1 aliphatic rings. The molecule has 0 aromatic carbocycles. The Morgan fingerprint density at radius 1 is 1.40 bits per heavy atom. The lowest BCUT2D eigenvalue weighted by atomic mass is 9.67. The zero-order valence-electron chi connectivity index (χ0n) is 14.8. The van der Waals surface area contributed by atoms with E-state index in [0.29, 0.717) is 17.0 Å². The maximum atomic E-state index is 5.29. The van der Waals surface area contributed by atoms with E-state index in [1.54, 1.807) is 13.3 Å². The molecule has 2 heterocycles. The van der Waals surface area contributed by atoms with E-state index in [1.807, 2.05) is 12.1 Å². The normalized spacial score (nSPS) is 16.0.